The Morgan fingerprint density at radius 3 is 2.53 bits per heavy atom. The highest BCUT2D eigenvalue weighted by Crippen LogP contribution is 2.30. The van der Waals surface area contributed by atoms with Gasteiger partial charge in [0.05, 0.1) is 17.2 Å². The average molecular weight is 276 g/mol. The molecule has 3 nitrogen and oxygen atoms in total. The summed E-state index contributed by atoms with van der Waals surface area (Å²) in [6.45, 7) is 0. The normalized spacial score (nSPS) is 10.1. The number of hydrogen-bond acceptors (Lipinski definition) is 2. The van der Waals surface area contributed by atoms with Gasteiger partial charge in [0, 0.05) is 10.0 Å². The summed E-state index contributed by atoms with van der Waals surface area (Å²) in [5.41, 5.74) is -1.18. The molecule has 6 heteroatoms. The molecule has 1 aromatic rings. The Hall–Kier alpha value is -1.48. The molecule has 0 unspecified atom stereocenters. The molecule has 0 spiro atoms. The molecule has 78 valence electrons. The van der Waals surface area contributed by atoms with Gasteiger partial charge in [-0.25, -0.2) is 13.6 Å². The monoisotopic (exact) mass is 275 g/mol. The molecule has 0 radical (unpaired) electrons. The molecule has 0 atom stereocenters. The summed E-state index contributed by atoms with van der Waals surface area (Å²) in [7, 11) is 0. The van der Waals surface area contributed by atoms with Gasteiger partial charge in [-0.2, -0.15) is 5.26 Å². The second-order valence-electron chi connectivity index (χ2n) is 2.64. The van der Waals surface area contributed by atoms with Gasteiger partial charge < -0.3 is 5.11 Å². The minimum atomic E-state index is -2.93. The number of rotatable bonds is 2. The molecular formula is C9H4BrF2NO2. The largest absolute Gasteiger partial charge is 0.478 e. The van der Waals surface area contributed by atoms with Gasteiger partial charge in [0.2, 0.25) is 0 Å². The molecule has 0 aliphatic rings. The summed E-state index contributed by atoms with van der Waals surface area (Å²) in [6.07, 6.45) is -2.93. The van der Waals surface area contributed by atoms with Crippen LogP contribution in [0.25, 0.3) is 0 Å². The SMILES string of the molecule is N#Cc1cc(Br)c(C(=O)O)c(C(F)F)c1. The van der Waals surface area contributed by atoms with E-state index in [1.54, 1.807) is 6.07 Å². The van der Waals surface area contributed by atoms with Gasteiger partial charge in [0.15, 0.2) is 0 Å². The van der Waals surface area contributed by atoms with Gasteiger partial charge in [-0.05, 0) is 28.1 Å². The van der Waals surface area contributed by atoms with Crippen LogP contribution in [0.3, 0.4) is 0 Å². The first-order chi connectivity index (χ1) is 6.97. The van der Waals surface area contributed by atoms with E-state index in [2.05, 4.69) is 15.9 Å². The Morgan fingerprint density at radius 2 is 2.13 bits per heavy atom. The maximum atomic E-state index is 12.5. The van der Waals surface area contributed by atoms with Crippen molar-refractivity contribution in [3.8, 4) is 6.07 Å². The Labute approximate surface area is 92.1 Å². The molecule has 1 N–H and O–H groups in total. The number of hydrogen-bond donors (Lipinski definition) is 1. The second-order valence-corrected chi connectivity index (χ2v) is 3.49. The molecule has 1 rings (SSSR count). The van der Waals surface area contributed by atoms with Gasteiger partial charge in [0.25, 0.3) is 6.43 Å². The maximum absolute atomic E-state index is 12.5. The lowest BCUT2D eigenvalue weighted by Crippen LogP contribution is -2.05. The highest BCUT2D eigenvalue weighted by Gasteiger charge is 2.21. The topological polar surface area (TPSA) is 61.1 Å². The van der Waals surface area contributed by atoms with Crippen LogP contribution < -0.4 is 0 Å². The summed E-state index contributed by atoms with van der Waals surface area (Å²) in [5.74, 6) is -1.46. The molecule has 0 amide bonds. The van der Waals surface area contributed by atoms with E-state index in [1.807, 2.05) is 0 Å². The molecule has 15 heavy (non-hydrogen) atoms. The quantitative estimate of drug-likeness (QED) is 0.903. The number of nitriles is 1. The minimum Gasteiger partial charge on any atom is -0.478 e. The van der Waals surface area contributed by atoms with E-state index in [4.69, 9.17) is 10.4 Å². The maximum Gasteiger partial charge on any atom is 0.337 e. The highest BCUT2D eigenvalue weighted by atomic mass is 79.9. The third kappa shape index (κ3) is 2.30. The fraction of sp³-hybridized carbons (Fsp3) is 0.111. The standard InChI is InChI=1S/C9H4BrF2NO2/c10-6-2-4(3-13)1-5(8(11)12)7(6)9(14)15/h1-2,8H,(H,14,15). The van der Waals surface area contributed by atoms with E-state index in [-0.39, 0.29) is 10.0 Å². The first kappa shape index (κ1) is 11.6. The van der Waals surface area contributed by atoms with Gasteiger partial charge in [0.1, 0.15) is 0 Å². The van der Waals surface area contributed by atoms with E-state index in [0.717, 1.165) is 6.07 Å². The fourth-order valence-corrected chi connectivity index (χ4v) is 1.74. The lowest BCUT2D eigenvalue weighted by molar-refractivity contribution is 0.0683. The number of aromatic carboxylic acids is 1. The Morgan fingerprint density at radius 1 is 1.53 bits per heavy atom. The van der Waals surface area contributed by atoms with Gasteiger partial charge >= 0.3 is 5.97 Å². The van der Waals surface area contributed by atoms with Gasteiger partial charge in [-0.3, -0.25) is 0 Å². The third-order valence-electron chi connectivity index (χ3n) is 1.70. The zero-order valence-corrected chi connectivity index (χ0v) is 8.75. The van der Waals surface area contributed by atoms with E-state index >= 15 is 0 Å². The van der Waals surface area contributed by atoms with Crippen molar-refractivity contribution in [2.75, 3.05) is 0 Å². The van der Waals surface area contributed by atoms with Crippen molar-refractivity contribution in [1.29, 1.82) is 5.26 Å². The van der Waals surface area contributed by atoms with Gasteiger partial charge in [-0.15, -0.1) is 0 Å². The molecule has 0 aliphatic carbocycles. The summed E-state index contributed by atoms with van der Waals surface area (Å²) < 4.78 is 25.0. The number of alkyl halides is 2. The fourth-order valence-electron chi connectivity index (χ4n) is 1.09. The molecule has 0 fully saturated rings. The number of benzene rings is 1. The Bertz CT molecular complexity index is 454. The van der Waals surface area contributed by atoms with Crippen LogP contribution in [0.15, 0.2) is 16.6 Å². The summed E-state index contributed by atoms with van der Waals surface area (Å²) in [5, 5.41) is 17.2. The van der Waals surface area contributed by atoms with Crippen LogP contribution in [0.2, 0.25) is 0 Å². The predicted octanol–water partition coefficient (Wildman–Crippen LogP) is 2.96. The lowest BCUT2D eigenvalue weighted by atomic mass is 10.0. The van der Waals surface area contributed by atoms with Crippen LogP contribution in [-0.2, 0) is 0 Å². The number of nitrogens with zero attached hydrogens (tertiary/aromatic N) is 1. The van der Waals surface area contributed by atoms with E-state index in [9.17, 15) is 13.6 Å². The summed E-state index contributed by atoms with van der Waals surface area (Å²) in [6, 6.07) is 3.74. The smallest absolute Gasteiger partial charge is 0.337 e. The van der Waals surface area contributed by atoms with E-state index < -0.39 is 23.5 Å². The Kier molecular flexibility index (Phi) is 3.37. The van der Waals surface area contributed by atoms with Crippen molar-refractivity contribution < 1.29 is 18.7 Å². The molecule has 0 aromatic heterocycles. The van der Waals surface area contributed by atoms with E-state index in [1.165, 1.54) is 6.07 Å². The van der Waals surface area contributed by atoms with Gasteiger partial charge in [-0.1, -0.05) is 0 Å². The van der Waals surface area contributed by atoms with Crippen LogP contribution in [0.4, 0.5) is 8.78 Å². The first-order valence-corrected chi connectivity index (χ1v) is 4.51. The molecule has 0 saturated carbocycles. The average Bonchev–Trinajstić information content (AvgIpc) is 2.15. The van der Waals surface area contributed by atoms with Crippen molar-refractivity contribution in [2.24, 2.45) is 0 Å². The molecule has 0 heterocycles. The van der Waals surface area contributed by atoms with Crippen LogP contribution in [0.5, 0.6) is 0 Å². The van der Waals surface area contributed by atoms with Crippen molar-refractivity contribution in [3.63, 3.8) is 0 Å². The van der Waals surface area contributed by atoms with Crippen molar-refractivity contribution in [1.82, 2.24) is 0 Å². The molecule has 1 aromatic carbocycles. The highest BCUT2D eigenvalue weighted by molar-refractivity contribution is 9.10. The van der Waals surface area contributed by atoms with Crippen LogP contribution >= 0.6 is 15.9 Å². The van der Waals surface area contributed by atoms with Crippen molar-refractivity contribution in [3.05, 3.63) is 33.3 Å². The second kappa shape index (κ2) is 4.36. The summed E-state index contributed by atoms with van der Waals surface area (Å²) in [4.78, 5) is 10.7. The van der Waals surface area contributed by atoms with Crippen molar-refractivity contribution >= 4 is 21.9 Å². The zero-order valence-electron chi connectivity index (χ0n) is 7.17. The molecule has 0 saturated heterocycles. The molecular weight excluding hydrogens is 272 g/mol. The predicted molar refractivity (Wildman–Crippen MR) is 50.8 cm³/mol. The number of carbonyl (C=O) groups is 1. The van der Waals surface area contributed by atoms with Crippen LogP contribution in [-0.4, -0.2) is 11.1 Å². The Balaban J connectivity index is 3.51. The minimum absolute atomic E-state index is 0.0119. The zero-order chi connectivity index (χ0) is 11.6. The molecule has 0 bridgehead atoms. The van der Waals surface area contributed by atoms with Crippen LogP contribution in [0.1, 0.15) is 27.9 Å². The number of halogens is 3. The van der Waals surface area contributed by atoms with Crippen LogP contribution in [0, 0.1) is 11.3 Å². The molecule has 0 aliphatic heterocycles. The number of carboxylic acids is 1. The third-order valence-corrected chi connectivity index (χ3v) is 2.32. The lowest BCUT2D eigenvalue weighted by Gasteiger charge is -2.07. The first-order valence-electron chi connectivity index (χ1n) is 3.72. The summed E-state index contributed by atoms with van der Waals surface area (Å²) >= 11 is 2.84. The number of carboxylic acid groups (broad SMARTS) is 1. The van der Waals surface area contributed by atoms with Crippen molar-refractivity contribution in [2.45, 2.75) is 6.43 Å². The van der Waals surface area contributed by atoms with E-state index in [0.29, 0.717) is 0 Å².